The number of esters is 1. The van der Waals surface area contributed by atoms with E-state index in [1.54, 1.807) is 0 Å². The van der Waals surface area contributed by atoms with Gasteiger partial charge in [-0.05, 0) is 19.3 Å². The fourth-order valence-electron chi connectivity index (χ4n) is 1.66. The Balaban J connectivity index is 2.67. The van der Waals surface area contributed by atoms with Gasteiger partial charge in [0.2, 0.25) is 0 Å². The van der Waals surface area contributed by atoms with E-state index < -0.39 is 0 Å². The predicted molar refractivity (Wildman–Crippen MR) is 67.4 cm³/mol. The summed E-state index contributed by atoms with van der Waals surface area (Å²) in [7, 11) is 1.39. The van der Waals surface area contributed by atoms with E-state index in [1.807, 2.05) is 12.2 Å². The third-order valence-electron chi connectivity index (χ3n) is 2.63. The highest BCUT2D eigenvalue weighted by Gasteiger charge is 2.20. The van der Waals surface area contributed by atoms with Gasteiger partial charge in [-0.2, -0.15) is 0 Å². The molecule has 0 amide bonds. The molecule has 0 heterocycles. The molecule has 0 saturated carbocycles. The van der Waals surface area contributed by atoms with Gasteiger partial charge >= 0.3 is 5.97 Å². The molecule has 1 aliphatic carbocycles. The number of ether oxygens (including phenoxy) is 2. The molecule has 1 aliphatic rings. The smallest absolute Gasteiger partial charge is 0.338 e. The number of hydrogen-bond acceptors (Lipinski definition) is 3. The minimum absolute atomic E-state index is 0.323. The molecule has 3 heteroatoms. The summed E-state index contributed by atoms with van der Waals surface area (Å²) in [5, 5.41) is 0. The first kappa shape index (κ1) is 13.6. The number of allylic oxidation sites excluding steroid dienone is 3. The van der Waals surface area contributed by atoms with Crippen LogP contribution in [0.5, 0.6) is 0 Å². The van der Waals surface area contributed by atoms with Crippen molar-refractivity contribution in [2.75, 3.05) is 13.7 Å². The van der Waals surface area contributed by atoms with E-state index in [0.29, 0.717) is 17.9 Å². The number of rotatable bonds is 6. The first-order chi connectivity index (χ1) is 8.20. The molecule has 0 bridgehead atoms. The molecule has 0 aromatic heterocycles. The van der Waals surface area contributed by atoms with Crippen molar-refractivity contribution in [3.05, 3.63) is 35.6 Å². The van der Waals surface area contributed by atoms with E-state index in [2.05, 4.69) is 13.5 Å². The fourth-order valence-corrected chi connectivity index (χ4v) is 1.66. The molecule has 17 heavy (non-hydrogen) atoms. The molecule has 0 saturated heterocycles. The summed E-state index contributed by atoms with van der Waals surface area (Å²) in [5.41, 5.74) is 1.35. The Morgan fingerprint density at radius 1 is 1.35 bits per heavy atom. The van der Waals surface area contributed by atoms with Crippen LogP contribution in [0.1, 0.15) is 32.6 Å². The number of hydrogen-bond donors (Lipinski definition) is 0. The highest BCUT2D eigenvalue weighted by atomic mass is 16.5. The van der Waals surface area contributed by atoms with Gasteiger partial charge in [0.05, 0.1) is 19.3 Å². The van der Waals surface area contributed by atoms with Crippen LogP contribution in [0.4, 0.5) is 0 Å². The normalized spacial score (nSPS) is 14.7. The van der Waals surface area contributed by atoms with Crippen molar-refractivity contribution >= 4 is 5.97 Å². The van der Waals surface area contributed by atoms with E-state index in [0.717, 1.165) is 31.3 Å². The van der Waals surface area contributed by atoms with Crippen molar-refractivity contribution in [3.8, 4) is 0 Å². The second kappa shape index (κ2) is 6.94. The van der Waals surface area contributed by atoms with E-state index in [4.69, 9.17) is 9.47 Å². The number of unbranched alkanes of at least 4 members (excludes halogenated alkanes) is 1. The Morgan fingerprint density at radius 3 is 2.59 bits per heavy atom. The maximum Gasteiger partial charge on any atom is 0.338 e. The maximum atomic E-state index is 11.6. The van der Waals surface area contributed by atoms with Gasteiger partial charge in [-0.25, -0.2) is 4.79 Å². The summed E-state index contributed by atoms with van der Waals surface area (Å²) in [6.45, 7) is 6.62. The summed E-state index contributed by atoms with van der Waals surface area (Å²) < 4.78 is 10.3. The summed E-state index contributed by atoms with van der Waals surface area (Å²) in [5.74, 6) is 0.242. The standard InChI is InChI=1S/C14H20O3/c1-4-5-10-17-11(2)12-8-6-7-9-13(12)14(15)16-3/h8-9H,2,4-7,10H2,1,3H3. The summed E-state index contributed by atoms with van der Waals surface area (Å²) in [6, 6.07) is 0. The lowest BCUT2D eigenvalue weighted by atomic mass is 9.96. The largest absolute Gasteiger partial charge is 0.494 e. The molecule has 1 rings (SSSR count). The van der Waals surface area contributed by atoms with Crippen LogP contribution in [0.15, 0.2) is 35.6 Å². The second-order valence-corrected chi connectivity index (χ2v) is 3.93. The third-order valence-corrected chi connectivity index (χ3v) is 2.63. The summed E-state index contributed by atoms with van der Waals surface area (Å²) >= 11 is 0. The minimum atomic E-state index is -0.323. The Kier molecular flexibility index (Phi) is 5.53. The number of methoxy groups -OCH3 is 1. The fraction of sp³-hybridized carbons (Fsp3) is 0.500. The first-order valence-electron chi connectivity index (χ1n) is 6.01. The van der Waals surface area contributed by atoms with Gasteiger partial charge < -0.3 is 9.47 Å². The Hall–Kier alpha value is -1.51. The molecule has 0 N–H and O–H groups in total. The van der Waals surface area contributed by atoms with Crippen LogP contribution < -0.4 is 0 Å². The third kappa shape index (κ3) is 3.77. The van der Waals surface area contributed by atoms with E-state index in [9.17, 15) is 4.79 Å². The zero-order valence-electron chi connectivity index (χ0n) is 10.6. The van der Waals surface area contributed by atoms with Crippen LogP contribution in [0.2, 0.25) is 0 Å². The zero-order chi connectivity index (χ0) is 12.7. The average molecular weight is 236 g/mol. The molecule has 0 fully saturated rings. The van der Waals surface area contributed by atoms with Gasteiger partial charge in [0.15, 0.2) is 0 Å². The molecule has 0 atom stereocenters. The van der Waals surface area contributed by atoms with Gasteiger partial charge in [0.1, 0.15) is 5.76 Å². The van der Waals surface area contributed by atoms with Gasteiger partial charge in [-0.3, -0.25) is 0 Å². The van der Waals surface area contributed by atoms with Crippen LogP contribution in [-0.2, 0) is 14.3 Å². The quantitative estimate of drug-likeness (QED) is 0.404. The first-order valence-corrected chi connectivity index (χ1v) is 6.01. The predicted octanol–water partition coefficient (Wildman–Crippen LogP) is 3.14. The van der Waals surface area contributed by atoms with Crippen LogP contribution in [-0.4, -0.2) is 19.7 Å². The van der Waals surface area contributed by atoms with Crippen LogP contribution >= 0.6 is 0 Å². The van der Waals surface area contributed by atoms with Crippen molar-refractivity contribution in [1.29, 1.82) is 0 Å². The monoisotopic (exact) mass is 236 g/mol. The minimum Gasteiger partial charge on any atom is -0.494 e. The number of carbonyl (C=O) groups excluding carboxylic acids is 1. The molecule has 0 aliphatic heterocycles. The van der Waals surface area contributed by atoms with Gasteiger partial charge in [-0.1, -0.05) is 32.1 Å². The Labute approximate surface area is 103 Å². The summed E-state index contributed by atoms with van der Waals surface area (Å²) in [4.78, 5) is 11.6. The maximum absolute atomic E-state index is 11.6. The van der Waals surface area contributed by atoms with Crippen molar-refractivity contribution < 1.29 is 14.3 Å². The molecular formula is C14H20O3. The summed E-state index contributed by atoms with van der Waals surface area (Å²) in [6.07, 6.45) is 7.70. The Morgan fingerprint density at radius 2 is 2.00 bits per heavy atom. The molecule has 0 aromatic carbocycles. The van der Waals surface area contributed by atoms with Crippen molar-refractivity contribution in [2.24, 2.45) is 0 Å². The van der Waals surface area contributed by atoms with Gasteiger partial charge in [-0.15, -0.1) is 0 Å². The lowest BCUT2D eigenvalue weighted by Gasteiger charge is -2.17. The SMILES string of the molecule is C=C(OCCCC)C1=CCCC=C1C(=O)OC. The molecule has 3 nitrogen and oxygen atoms in total. The topological polar surface area (TPSA) is 35.5 Å². The average Bonchev–Trinajstić information content (AvgIpc) is 2.38. The van der Waals surface area contributed by atoms with E-state index >= 15 is 0 Å². The zero-order valence-corrected chi connectivity index (χ0v) is 10.6. The lowest BCUT2D eigenvalue weighted by Crippen LogP contribution is -2.12. The van der Waals surface area contributed by atoms with Gasteiger partial charge in [0.25, 0.3) is 0 Å². The molecule has 0 aromatic rings. The van der Waals surface area contributed by atoms with Gasteiger partial charge in [0, 0.05) is 5.57 Å². The molecule has 0 unspecified atom stereocenters. The molecule has 0 spiro atoms. The van der Waals surface area contributed by atoms with Crippen molar-refractivity contribution in [3.63, 3.8) is 0 Å². The van der Waals surface area contributed by atoms with Crippen LogP contribution in [0, 0.1) is 0 Å². The molecule has 0 radical (unpaired) electrons. The highest BCUT2D eigenvalue weighted by molar-refractivity contribution is 5.94. The number of carbonyl (C=O) groups is 1. The van der Waals surface area contributed by atoms with Crippen molar-refractivity contribution in [2.45, 2.75) is 32.6 Å². The van der Waals surface area contributed by atoms with Crippen LogP contribution in [0.25, 0.3) is 0 Å². The second-order valence-electron chi connectivity index (χ2n) is 3.93. The molecular weight excluding hydrogens is 216 g/mol. The molecule has 94 valence electrons. The van der Waals surface area contributed by atoms with Crippen LogP contribution in [0.3, 0.4) is 0 Å². The van der Waals surface area contributed by atoms with Crippen molar-refractivity contribution in [1.82, 2.24) is 0 Å². The van der Waals surface area contributed by atoms with E-state index in [-0.39, 0.29) is 5.97 Å². The Bertz CT molecular complexity index is 350. The van der Waals surface area contributed by atoms with E-state index in [1.165, 1.54) is 7.11 Å². The highest BCUT2D eigenvalue weighted by Crippen LogP contribution is 2.26. The lowest BCUT2D eigenvalue weighted by molar-refractivity contribution is -0.135.